The summed E-state index contributed by atoms with van der Waals surface area (Å²) in [6.07, 6.45) is 1.94. The number of benzene rings is 2. The van der Waals surface area contributed by atoms with E-state index in [1.54, 1.807) is 37.3 Å². The highest BCUT2D eigenvalue weighted by atomic mass is 16.5. The predicted octanol–water partition coefficient (Wildman–Crippen LogP) is 4.17. The van der Waals surface area contributed by atoms with Crippen molar-refractivity contribution >= 4 is 17.8 Å². The number of ether oxygens (including phenoxy) is 6. The molecule has 188 valence electrons. The summed E-state index contributed by atoms with van der Waals surface area (Å²) in [4.78, 5) is 25.5. The molecule has 0 bridgehead atoms. The van der Waals surface area contributed by atoms with Crippen LogP contribution in [-0.2, 0) is 11.2 Å². The second-order valence-corrected chi connectivity index (χ2v) is 7.81. The molecular formula is C26H25NO9. The highest BCUT2D eigenvalue weighted by Gasteiger charge is 2.31. The monoisotopic (exact) mass is 495 g/mol. The molecular weight excluding hydrogens is 470 g/mol. The van der Waals surface area contributed by atoms with Crippen LogP contribution in [-0.4, -0.2) is 45.3 Å². The van der Waals surface area contributed by atoms with Gasteiger partial charge in [0.2, 0.25) is 5.78 Å². The number of hydrogen-bond donors (Lipinski definition) is 0. The molecule has 0 spiro atoms. The average Bonchev–Trinajstić information content (AvgIpc) is 3.46. The van der Waals surface area contributed by atoms with Crippen LogP contribution in [0, 0.1) is 6.92 Å². The lowest BCUT2D eigenvalue weighted by Crippen LogP contribution is -2.09. The molecule has 2 aromatic carbocycles. The minimum absolute atomic E-state index is 0.0680. The molecule has 2 heterocycles. The molecule has 0 saturated heterocycles. The van der Waals surface area contributed by atoms with E-state index in [0.29, 0.717) is 57.7 Å². The van der Waals surface area contributed by atoms with Gasteiger partial charge in [0.05, 0.1) is 40.4 Å². The molecule has 4 rings (SSSR count). The first kappa shape index (κ1) is 24.6. The van der Waals surface area contributed by atoms with E-state index in [1.165, 1.54) is 34.5 Å². The Balaban J connectivity index is 1.52. The van der Waals surface area contributed by atoms with E-state index in [0.717, 1.165) is 0 Å². The van der Waals surface area contributed by atoms with Gasteiger partial charge in [-0.05, 0) is 35.9 Å². The van der Waals surface area contributed by atoms with Gasteiger partial charge in [-0.1, -0.05) is 0 Å². The van der Waals surface area contributed by atoms with Gasteiger partial charge >= 0.3 is 5.97 Å². The number of fused-ring (bicyclic) bond motifs is 1. The van der Waals surface area contributed by atoms with Crippen LogP contribution in [0.5, 0.6) is 34.6 Å². The number of carbonyl (C=O) groups excluding carboxylic acids is 2. The molecule has 0 saturated carbocycles. The summed E-state index contributed by atoms with van der Waals surface area (Å²) >= 11 is 0. The first-order valence-corrected chi connectivity index (χ1v) is 11.0. The summed E-state index contributed by atoms with van der Waals surface area (Å²) in [5, 5.41) is 3.70. The van der Waals surface area contributed by atoms with Crippen molar-refractivity contribution in [3.63, 3.8) is 0 Å². The lowest BCUT2D eigenvalue weighted by molar-refractivity contribution is -0.134. The highest BCUT2D eigenvalue weighted by Crippen LogP contribution is 2.40. The maximum atomic E-state index is 13.1. The fraction of sp³-hybridized carbons (Fsp3) is 0.269. The van der Waals surface area contributed by atoms with Crippen molar-refractivity contribution in [3.05, 3.63) is 58.5 Å². The molecule has 10 nitrogen and oxygen atoms in total. The molecule has 1 aliphatic rings. The molecule has 3 aromatic rings. The van der Waals surface area contributed by atoms with Crippen molar-refractivity contribution in [3.8, 4) is 34.6 Å². The van der Waals surface area contributed by atoms with E-state index >= 15 is 0 Å². The number of methoxy groups -OCH3 is 4. The second-order valence-electron chi connectivity index (χ2n) is 7.81. The summed E-state index contributed by atoms with van der Waals surface area (Å²) in [5.41, 5.74) is 1.58. The number of esters is 1. The van der Waals surface area contributed by atoms with Crippen molar-refractivity contribution in [2.75, 3.05) is 28.4 Å². The molecule has 1 aromatic heterocycles. The first-order valence-electron chi connectivity index (χ1n) is 11.0. The zero-order valence-electron chi connectivity index (χ0n) is 20.5. The molecule has 1 aliphatic heterocycles. The third-order valence-corrected chi connectivity index (χ3v) is 5.52. The van der Waals surface area contributed by atoms with Gasteiger partial charge in [0.25, 0.3) is 5.88 Å². The van der Waals surface area contributed by atoms with E-state index in [9.17, 15) is 9.59 Å². The molecule has 0 atom stereocenters. The van der Waals surface area contributed by atoms with E-state index in [2.05, 4.69) is 5.16 Å². The maximum absolute atomic E-state index is 13.1. The number of ketones is 1. The third kappa shape index (κ3) is 4.97. The van der Waals surface area contributed by atoms with Gasteiger partial charge in [0.1, 0.15) is 23.0 Å². The van der Waals surface area contributed by atoms with E-state index in [-0.39, 0.29) is 23.7 Å². The van der Waals surface area contributed by atoms with Crippen LogP contribution in [0.3, 0.4) is 0 Å². The lowest BCUT2D eigenvalue weighted by Gasteiger charge is -2.12. The van der Waals surface area contributed by atoms with Gasteiger partial charge in [0.15, 0.2) is 17.3 Å². The van der Waals surface area contributed by atoms with E-state index in [1.807, 2.05) is 0 Å². The van der Waals surface area contributed by atoms with Crippen molar-refractivity contribution in [1.82, 2.24) is 5.16 Å². The average molecular weight is 495 g/mol. The number of aryl methyl sites for hydroxylation is 2. The third-order valence-electron chi connectivity index (χ3n) is 5.52. The van der Waals surface area contributed by atoms with E-state index < -0.39 is 5.97 Å². The van der Waals surface area contributed by atoms with Gasteiger partial charge in [-0.2, -0.15) is 0 Å². The summed E-state index contributed by atoms with van der Waals surface area (Å²) in [7, 11) is 6.03. The van der Waals surface area contributed by atoms with Crippen LogP contribution in [0.25, 0.3) is 6.08 Å². The molecule has 36 heavy (non-hydrogen) atoms. The van der Waals surface area contributed by atoms with Crippen molar-refractivity contribution < 1.29 is 42.5 Å². The Morgan fingerprint density at radius 1 is 0.944 bits per heavy atom. The largest absolute Gasteiger partial charge is 0.496 e. The number of Topliss-reactive ketones (excluding diaryl/α,β-unsaturated/α-hetero) is 1. The number of allylic oxidation sites excluding steroid dienone is 1. The van der Waals surface area contributed by atoms with Crippen LogP contribution >= 0.6 is 0 Å². The second kappa shape index (κ2) is 10.4. The van der Waals surface area contributed by atoms with Crippen molar-refractivity contribution in [2.24, 2.45) is 0 Å². The fourth-order valence-corrected chi connectivity index (χ4v) is 3.76. The SMILES string of the molecule is COc1cc(CCC(=O)Oc2cc(C)c3c(c2)O/C(=C\c2cc(OC)c(OC)cc2OC)C3=O)on1. The number of hydrogen-bond acceptors (Lipinski definition) is 10. The molecule has 0 unspecified atom stereocenters. The van der Waals surface area contributed by atoms with Crippen LogP contribution in [0.4, 0.5) is 0 Å². The number of carbonyl (C=O) groups is 2. The van der Waals surface area contributed by atoms with Crippen molar-refractivity contribution in [1.29, 1.82) is 0 Å². The van der Waals surface area contributed by atoms with Gasteiger partial charge < -0.3 is 32.9 Å². The number of rotatable bonds is 9. The maximum Gasteiger partial charge on any atom is 0.311 e. The Morgan fingerprint density at radius 3 is 2.33 bits per heavy atom. The topological polar surface area (TPSA) is 116 Å². The lowest BCUT2D eigenvalue weighted by atomic mass is 10.0. The smallest absolute Gasteiger partial charge is 0.311 e. The number of nitrogens with zero attached hydrogens (tertiary/aromatic N) is 1. The summed E-state index contributed by atoms with van der Waals surface area (Å²) in [5.74, 6) is 2.18. The Kier molecular flexibility index (Phi) is 7.14. The van der Waals surface area contributed by atoms with Gasteiger partial charge in [0, 0.05) is 30.2 Å². The summed E-state index contributed by atoms with van der Waals surface area (Å²) in [6, 6.07) is 8.09. The predicted molar refractivity (Wildman–Crippen MR) is 127 cm³/mol. The Bertz CT molecular complexity index is 1340. The zero-order valence-corrected chi connectivity index (χ0v) is 20.5. The zero-order chi connectivity index (χ0) is 25.8. The fourth-order valence-electron chi connectivity index (χ4n) is 3.76. The van der Waals surface area contributed by atoms with Crippen LogP contribution in [0.2, 0.25) is 0 Å². The highest BCUT2D eigenvalue weighted by molar-refractivity contribution is 6.15. The quantitative estimate of drug-likeness (QED) is 0.243. The first-order chi connectivity index (χ1) is 17.4. The summed E-state index contributed by atoms with van der Waals surface area (Å²) < 4.78 is 37.5. The van der Waals surface area contributed by atoms with Crippen LogP contribution in [0.15, 0.2) is 40.6 Å². The number of aromatic nitrogens is 1. The minimum Gasteiger partial charge on any atom is -0.496 e. The Hall–Kier alpha value is -4.47. The van der Waals surface area contributed by atoms with Gasteiger partial charge in [-0.3, -0.25) is 9.59 Å². The van der Waals surface area contributed by atoms with Crippen LogP contribution in [0.1, 0.15) is 33.7 Å². The molecule has 10 heteroatoms. The molecule has 0 aliphatic carbocycles. The minimum atomic E-state index is -0.472. The summed E-state index contributed by atoms with van der Waals surface area (Å²) in [6.45, 7) is 1.75. The Morgan fingerprint density at radius 2 is 1.67 bits per heavy atom. The van der Waals surface area contributed by atoms with Crippen LogP contribution < -0.4 is 28.4 Å². The van der Waals surface area contributed by atoms with Crippen molar-refractivity contribution in [2.45, 2.75) is 19.8 Å². The Labute approximate surface area is 207 Å². The normalized spacial score (nSPS) is 13.2. The molecule has 0 amide bonds. The van der Waals surface area contributed by atoms with Gasteiger partial charge in [-0.25, -0.2) is 0 Å². The van der Waals surface area contributed by atoms with Gasteiger partial charge in [-0.15, -0.1) is 0 Å². The molecule has 0 N–H and O–H groups in total. The standard InChI is InChI=1S/C26H25NO9/c1-14-8-17(34-24(28)7-6-16-12-23(33-5)27-36-16)11-21-25(14)26(29)22(35-21)10-15-9-19(31-3)20(32-4)13-18(15)30-2/h8-13H,6-7H2,1-5H3/b22-10-. The van der Waals surface area contributed by atoms with E-state index in [4.69, 9.17) is 32.9 Å². The molecule has 0 fully saturated rings. The molecule has 0 radical (unpaired) electrons.